The number of phenols is 1. The quantitative estimate of drug-likeness (QED) is 0.339. The number of amides is 1. The topological polar surface area (TPSA) is 158 Å². The van der Waals surface area contributed by atoms with Crippen molar-refractivity contribution in [2.75, 3.05) is 0 Å². The van der Waals surface area contributed by atoms with Crippen LogP contribution in [-0.2, 0) is 20.8 Å². The molecule has 1 amide bonds. The molecule has 0 bridgehead atoms. The van der Waals surface area contributed by atoms with Gasteiger partial charge >= 0.3 is 0 Å². The van der Waals surface area contributed by atoms with Crippen molar-refractivity contribution in [3.05, 3.63) is 45.7 Å². The van der Waals surface area contributed by atoms with Crippen molar-refractivity contribution in [1.82, 2.24) is 0 Å². The van der Waals surface area contributed by atoms with Gasteiger partial charge in [0, 0.05) is 23.5 Å². The summed E-state index contributed by atoms with van der Waals surface area (Å²) >= 11 is 0. The Morgan fingerprint density at radius 1 is 1.20 bits per heavy atom. The standard InChI is InChI=1S/C22H19NO7/c1-2-3-9-4-5-13(24)16-12(9)7-10-6-11-8-14(25)17(21(23)29)20(28)22(11,30)19(27)15(10)18(16)26/h4-5,10-11,24,26,28,30H,6-8H2,1H3,(H2,23,29). The normalized spacial score (nSPS) is 27.7. The van der Waals surface area contributed by atoms with Crippen molar-refractivity contribution in [3.63, 3.8) is 0 Å². The minimum absolute atomic E-state index is 0.0439. The first kappa shape index (κ1) is 19.7. The van der Waals surface area contributed by atoms with Crippen LogP contribution in [0.25, 0.3) is 5.76 Å². The zero-order valence-corrected chi connectivity index (χ0v) is 16.0. The highest BCUT2D eigenvalue weighted by atomic mass is 16.3. The zero-order valence-electron chi connectivity index (χ0n) is 16.0. The average Bonchev–Trinajstić information content (AvgIpc) is 2.66. The van der Waals surface area contributed by atoms with E-state index >= 15 is 0 Å². The second-order valence-electron chi connectivity index (χ2n) is 7.77. The number of nitrogens with two attached hydrogens (primary N) is 1. The van der Waals surface area contributed by atoms with Crippen LogP contribution in [0.3, 0.4) is 0 Å². The molecular formula is C22H19NO7. The third-order valence-corrected chi connectivity index (χ3v) is 6.21. The molecule has 1 aromatic rings. The Kier molecular flexibility index (Phi) is 4.26. The van der Waals surface area contributed by atoms with Crippen molar-refractivity contribution in [3.8, 4) is 17.6 Å². The fourth-order valence-electron chi connectivity index (χ4n) is 4.87. The number of fused-ring (bicyclic) bond motifs is 3. The van der Waals surface area contributed by atoms with E-state index in [4.69, 9.17) is 5.73 Å². The molecule has 0 saturated heterocycles. The van der Waals surface area contributed by atoms with Gasteiger partial charge in [0.25, 0.3) is 5.91 Å². The van der Waals surface area contributed by atoms with Gasteiger partial charge < -0.3 is 26.2 Å². The van der Waals surface area contributed by atoms with Crippen LogP contribution in [0, 0.1) is 23.7 Å². The van der Waals surface area contributed by atoms with Crippen LogP contribution in [-0.4, -0.2) is 43.5 Å². The van der Waals surface area contributed by atoms with E-state index in [0.717, 1.165) is 0 Å². The number of carbonyl (C=O) groups is 3. The molecule has 1 saturated carbocycles. The maximum absolute atomic E-state index is 13.3. The van der Waals surface area contributed by atoms with Crippen molar-refractivity contribution >= 4 is 23.2 Å². The number of phenolic OH excluding ortho intramolecular Hbond substituents is 1. The number of hydrogen-bond donors (Lipinski definition) is 5. The number of Topliss-reactive ketones (excluding diaryl/α,β-unsaturated/α-hetero) is 2. The lowest BCUT2D eigenvalue weighted by Gasteiger charge is -2.46. The molecule has 0 spiro atoms. The predicted octanol–water partition coefficient (Wildman–Crippen LogP) is 0.795. The molecule has 154 valence electrons. The van der Waals surface area contributed by atoms with Gasteiger partial charge in [-0.3, -0.25) is 14.4 Å². The lowest BCUT2D eigenvalue weighted by atomic mass is 9.59. The largest absolute Gasteiger partial charge is 0.508 e. The number of aliphatic hydroxyl groups excluding tert-OH is 2. The number of carbonyl (C=O) groups excluding carboxylic acids is 3. The Labute approximate surface area is 171 Å². The van der Waals surface area contributed by atoms with E-state index in [0.29, 0.717) is 11.1 Å². The van der Waals surface area contributed by atoms with Crippen molar-refractivity contribution in [2.24, 2.45) is 17.6 Å². The van der Waals surface area contributed by atoms with Gasteiger partial charge in [-0.15, -0.1) is 5.92 Å². The molecule has 1 aromatic carbocycles. The number of aliphatic hydroxyl groups is 3. The maximum Gasteiger partial charge on any atom is 0.255 e. The summed E-state index contributed by atoms with van der Waals surface area (Å²) in [6, 6.07) is 2.96. The fraction of sp³-hybridized carbons (Fsp3) is 0.318. The molecule has 0 radical (unpaired) electrons. The van der Waals surface area contributed by atoms with Crippen LogP contribution >= 0.6 is 0 Å². The molecule has 8 heteroatoms. The molecular weight excluding hydrogens is 390 g/mol. The molecule has 3 aliphatic rings. The summed E-state index contributed by atoms with van der Waals surface area (Å²) in [5.41, 5.74) is 2.83. The van der Waals surface area contributed by atoms with E-state index < -0.39 is 52.0 Å². The van der Waals surface area contributed by atoms with Gasteiger partial charge in [-0.2, -0.15) is 0 Å². The maximum atomic E-state index is 13.3. The molecule has 0 aromatic heterocycles. The molecule has 0 aliphatic heterocycles. The smallest absolute Gasteiger partial charge is 0.255 e. The number of ketones is 2. The van der Waals surface area contributed by atoms with E-state index in [-0.39, 0.29) is 36.1 Å². The molecule has 8 nitrogen and oxygen atoms in total. The highest BCUT2D eigenvalue weighted by molar-refractivity contribution is 6.22. The predicted molar refractivity (Wildman–Crippen MR) is 104 cm³/mol. The molecule has 3 atom stereocenters. The van der Waals surface area contributed by atoms with Gasteiger partial charge in [0.05, 0.1) is 5.56 Å². The molecule has 0 heterocycles. The summed E-state index contributed by atoms with van der Waals surface area (Å²) in [5.74, 6) is -0.734. The zero-order chi connectivity index (χ0) is 22.0. The van der Waals surface area contributed by atoms with E-state index in [1.807, 2.05) is 0 Å². The SMILES string of the molecule is CC#Cc1ccc(O)c2c1CC1CC3CC(=O)C(C(N)=O)=C(O)C3(O)C(=O)C1=C2O. The minimum atomic E-state index is -2.55. The molecule has 3 aliphatic carbocycles. The summed E-state index contributed by atoms with van der Waals surface area (Å²) < 4.78 is 0. The van der Waals surface area contributed by atoms with Crippen molar-refractivity contribution in [2.45, 2.75) is 31.8 Å². The van der Waals surface area contributed by atoms with Crippen LogP contribution in [0.5, 0.6) is 5.75 Å². The number of primary amides is 1. The van der Waals surface area contributed by atoms with E-state index in [1.165, 1.54) is 6.07 Å². The van der Waals surface area contributed by atoms with Crippen molar-refractivity contribution in [1.29, 1.82) is 0 Å². The number of hydrogen-bond acceptors (Lipinski definition) is 7. The van der Waals surface area contributed by atoms with Crippen LogP contribution in [0.2, 0.25) is 0 Å². The lowest BCUT2D eigenvalue weighted by Crippen LogP contribution is -2.58. The summed E-state index contributed by atoms with van der Waals surface area (Å²) in [6.45, 7) is 1.65. The van der Waals surface area contributed by atoms with Crippen LogP contribution in [0.1, 0.15) is 36.5 Å². The molecule has 1 fully saturated rings. The van der Waals surface area contributed by atoms with E-state index in [2.05, 4.69) is 11.8 Å². The van der Waals surface area contributed by atoms with Gasteiger partial charge in [0.2, 0.25) is 5.78 Å². The van der Waals surface area contributed by atoms with Gasteiger partial charge in [0.1, 0.15) is 22.8 Å². The van der Waals surface area contributed by atoms with Crippen molar-refractivity contribution < 1.29 is 34.8 Å². The van der Waals surface area contributed by atoms with Gasteiger partial charge in [-0.25, -0.2) is 0 Å². The Morgan fingerprint density at radius 2 is 1.90 bits per heavy atom. The first-order chi connectivity index (χ1) is 14.1. The van der Waals surface area contributed by atoms with E-state index in [1.54, 1.807) is 13.0 Å². The Bertz CT molecular complexity index is 1160. The molecule has 6 N–H and O–H groups in total. The summed E-state index contributed by atoms with van der Waals surface area (Å²) in [6.07, 6.45) is -0.00595. The summed E-state index contributed by atoms with van der Waals surface area (Å²) in [5, 5.41) is 42.8. The summed E-state index contributed by atoms with van der Waals surface area (Å²) in [7, 11) is 0. The Hall–Kier alpha value is -3.57. The summed E-state index contributed by atoms with van der Waals surface area (Å²) in [4.78, 5) is 37.2. The van der Waals surface area contributed by atoms with Gasteiger partial charge in [0.15, 0.2) is 11.4 Å². The third kappa shape index (κ3) is 2.42. The minimum Gasteiger partial charge on any atom is -0.508 e. The second-order valence-corrected chi connectivity index (χ2v) is 7.77. The highest BCUT2D eigenvalue weighted by Gasteiger charge is 2.60. The number of aromatic hydroxyl groups is 1. The fourth-order valence-corrected chi connectivity index (χ4v) is 4.87. The van der Waals surface area contributed by atoms with Crippen LogP contribution in [0.4, 0.5) is 0 Å². The third-order valence-electron chi connectivity index (χ3n) is 6.21. The van der Waals surface area contributed by atoms with Gasteiger partial charge in [-0.1, -0.05) is 5.92 Å². The Balaban J connectivity index is 1.95. The Morgan fingerprint density at radius 3 is 2.53 bits per heavy atom. The first-order valence-corrected chi connectivity index (χ1v) is 9.37. The first-order valence-electron chi connectivity index (χ1n) is 9.37. The van der Waals surface area contributed by atoms with Crippen LogP contribution in [0.15, 0.2) is 29.0 Å². The van der Waals surface area contributed by atoms with Crippen LogP contribution < -0.4 is 5.73 Å². The number of benzene rings is 1. The highest BCUT2D eigenvalue weighted by Crippen LogP contribution is 2.52. The molecule has 3 unspecified atom stereocenters. The second kappa shape index (κ2) is 6.47. The lowest BCUT2D eigenvalue weighted by molar-refractivity contribution is -0.147. The molecule has 30 heavy (non-hydrogen) atoms. The monoisotopic (exact) mass is 409 g/mol. The van der Waals surface area contributed by atoms with Gasteiger partial charge in [-0.05, 0) is 43.4 Å². The molecule has 4 rings (SSSR count). The number of rotatable bonds is 1. The average molecular weight is 409 g/mol. The van der Waals surface area contributed by atoms with E-state index in [9.17, 15) is 34.8 Å².